The molecule has 0 amide bonds. The number of hydrogen-bond acceptors (Lipinski definition) is 10. The van der Waals surface area contributed by atoms with Crippen molar-refractivity contribution in [2.24, 2.45) is 4.99 Å². The molecule has 1 fully saturated rings. The predicted octanol–water partition coefficient (Wildman–Crippen LogP) is 3.39. The van der Waals surface area contributed by atoms with Gasteiger partial charge in [-0.15, -0.1) is 0 Å². The average molecular weight is 517 g/mol. The Bertz CT molecular complexity index is 1160. The van der Waals surface area contributed by atoms with E-state index in [1.54, 1.807) is 12.4 Å². The molecular formula is C23H32N6O4SSi. The van der Waals surface area contributed by atoms with Gasteiger partial charge in [0.1, 0.15) is 12.8 Å². The summed E-state index contributed by atoms with van der Waals surface area (Å²) in [7, 11) is -1.18. The molecule has 0 unspecified atom stereocenters. The van der Waals surface area contributed by atoms with Crippen molar-refractivity contribution in [1.82, 2.24) is 24.5 Å². The van der Waals surface area contributed by atoms with Gasteiger partial charge in [-0.2, -0.15) is 9.98 Å². The van der Waals surface area contributed by atoms with E-state index >= 15 is 0 Å². The van der Waals surface area contributed by atoms with E-state index in [1.807, 2.05) is 16.8 Å². The van der Waals surface area contributed by atoms with Crippen molar-refractivity contribution in [3.8, 4) is 16.6 Å². The number of thiazole rings is 1. The molecule has 0 bridgehead atoms. The molecule has 3 aromatic rings. The largest absolute Gasteiger partial charge is 0.460 e. The summed E-state index contributed by atoms with van der Waals surface area (Å²) < 4.78 is 19.3. The third-order valence-electron chi connectivity index (χ3n) is 5.34. The Balaban J connectivity index is 1.58. The lowest BCUT2D eigenvalue weighted by atomic mass is 10.2. The molecule has 4 rings (SSSR count). The highest BCUT2D eigenvalue weighted by Gasteiger charge is 2.17. The first-order valence-electron chi connectivity index (χ1n) is 11.7. The highest BCUT2D eigenvalue weighted by atomic mass is 32.1. The third-order valence-corrected chi connectivity index (χ3v) is 8.08. The number of nitrogens with zero attached hydrogens (tertiary/aromatic N) is 6. The first-order chi connectivity index (χ1) is 16.9. The second-order valence-corrected chi connectivity index (χ2v) is 16.1. The zero-order valence-electron chi connectivity index (χ0n) is 20.4. The summed E-state index contributed by atoms with van der Waals surface area (Å²) in [5.74, 6) is 0.456. The Morgan fingerprint density at radius 1 is 1.20 bits per heavy atom. The molecule has 0 atom stereocenters. The molecule has 3 aromatic heterocycles. The van der Waals surface area contributed by atoms with Gasteiger partial charge in [-0.1, -0.05) is 31.0 Å². The zero-order chi connectivity index (χ0) is 24.7. The highest BCUT2D eigenvalue weighted by Crippen LogP contribution is 2.23. The number of aromatic nitrogens is 5. The van der Waals surface area contributed by atoms with Crippen molar-refractivity contribution in [2.45, 2.75) is 58.0 Å². The van der Waals surface area contributed by atoms with E-state index in [9.17, 15) is 5.11 Å². The summed E-state index contributed by atoms with van der Waals surface area (Å²) in [5, 5.41) is 9.22. The molecule has 1 N–H and O–H groups in total. The molecule has 4 heterocycles. The zero-order valence-corrected chi connectivity index (χ0v) is 22.2. The average Bonchev–Trinajstić information content (AvgIpc) is 3.25. The molecule has 12 heteroatoms. The SMILES string of the molecule is C[Si](C)(C)CCOCn1cc(-c2ccnc(OC3CCOCC3)n2)sc1=Nc1cnc(CO)cn1. The standard InChI is InChI=1S/C23H32N6O4SSi/c1-35(2,3)11-10-32-16-29-14-20(34-23(29)28-21-13-25-17(15-30)12-26-21)19-4-7-24-22(27-19)33-18-5-8-31-9-6-18/h4,7,12-14,18,30H,5-6,8-11,15-16H2,1-3H3. The Kier molecular flexibility index (Phi) is 8.73. The monoisotopic (exact) mass is 516 g/mol. The Morgan fingerprint density at radius 2 is 2.03 bits per heavy atom. The number of aliphatic hydroxyl groups is 1. The van der Waals surface area contributed by atoms with E-state index in [1.165, 1.54) is 17.5 Å². The van der Waals surface area contributed by atoms with Crippen LogP contribution in [0.3, 0.4) is 0 Å². The van der Waals surface area contributed by atoms with E-state index in [2.05, 4.69) is 44.6 Å². The van der Waals surface area contributed by atoms with Gasteiger partial charge in [0.2, 0.25) is 0 Å². The first kappa shape index (κ1) is 25.6. The van der Waals surface area contributed by atoms with Gasteiger partial charge in [0.15, 0.2) is 10.6 Å². The fourth-order valence-electron chi connectivity index (χ4n) is 3.28. The summed E-state index contributed by atoms with van der Waals surface area (Å²) in [6, 6.07) is 3.31. The lowest BCUT2D eigenvalue weighted by Crippen LogP contribution is -2.26. The van der Waals surface area contributed by atoms with Crippen LogP contribution in [0.15, 0.2) is 35.8 Å². The van der Waals surface area contributed by atoms with Gasteiger partial charge >= 0.3 is 6.01 Å². The fourth-order valence-corrected chi connectivity index (χ4v) is 5.00. The van der Waals surface area contributed by atoms with Crippen LogP contribution in [0.2, 0.25) is 25.7 Å². The lowest BCUT2D eigenvalue weighted by Gasteiger charge is -2.22. The molecule has 0 aliphatic carbocycles. The normalized spacial score (nSPS) is 15.5. The Morgan fingerprint density at radius 3 is 2.74 bits per heavy atom. The second-order valence-electron chi connectivity index (χ2n) is 9.49. The van der Waals surface area contributed by atoms with E-state index in [0.717, 1.165) is 29.5 Å². The molecule has 0 radical (unpaired) electrons. The van der Waals surface area contributed by atoms with Crippen molar-refractivity contribution in [3.63, 3.8) is 0 Å². The van der Waals surface area contributed by atoms with Crippen LogP contribution in [-0.4, -0.2) is 63.6 Å². The second kappa shape index (κ2) is 12.0. The maximum Gasteiger partial charge on any atom is 0.317 e. The molecule has 1 aliphatic heterocycles. The third kappa shape index (κ3) is 7.74. The number of hydrogen-bond donors (Lipinski definition) is 1. The van der Waals surface area contributed by atoms with Gasteiger partial charge in [0, 0.05) is 39.9 Å². The van der Waals surface area contributed by atoms with Gasteiger partial charge in [-0.3, -0.25) is 9.55 Å². The van der Waals surface area contributed by atoms with Gasteiger partial charge in [0.25, 0.3) is 0 Å². The van der Waals surface area contributed by atoms with E-state index in [0.29, 0.717) is 48.9 Å². The minimum Gasteiger partial charge on any atom is -0.460 e. The summed E-state index contributed by atoms with van der Waals surface area (Å²) in [5.41, 5.74) is 1.25. The molecule has 188 valence electrons. The molecule has 1 aliphatic rings. The maximum atomic E-state index is 9.22. The fraction of sp³-hybridized carbons (Fsp3) is 0.522. The highest BCUT2D eigenvalue weighted by molar-refractivity contribution is 7.12. The summed E-state index contributed by atoms with van der Waals surface area (Å²) in [4.78, 5) is 23.7. The first-order valence-corrected chi connectivity index (χ1v) is 16.2. The van der Waals surface area contributed by atoms with Gasteiger partial charge in [-0.25, -0.2) is 9.97 Å². The molecule has 0 saturated carbocycles. The topological polar surface area (TPSA) is 117 Å². The Labute approximate surface area is 209 Å². The van der Waals surface area contributed by atoms with Crippen LogP contribution in [0.4, 0.5) is 5.82 Å². The molecule has 0 spiro atoms. The van der Waals surface area contributed by atoms with E-state index in [-0.39, 0.29) is 12.7 Å². The molecule has 10 nitrogen and oxygen atoms in total. The number of ether oxygens (including phenoxy) is 3. The van der Waals surface area contributed by atoms with Gasteiger partial charge < -0.3 is 19.3 Å². The van der Waals surface area contributed by atoms with Crippen molar-refractivity contribution < 1.29 is 19.3 Å². The molecule has 35 heavy (non-hydrogen) atoms. The van der Waals surface area contributed by atoms with Gasteiger partial charge in [0.05, 0.1) is 48.5 Å². The smallest absolute Gasteiger partial charge is 0.317 e. The van der Waals surface area contributed by atoms with Crippen molar-refractivity contribution in [3.05, 3.63) is 41.3 Å². The van der Waals surface area contributed by atoms with Crippen molar-refractivity contribution in [1.29, 1.82) is 0 Å². The van der Waals surface area contributed by atoms with Crippen LogP contribution in [0.5, 0.6) is 6.01 Å². The molecular weight excluding hydrogens is 484 g/mol. The van der Waals surface area contributed by atoms with Crippen LogP contribution >= 0.6 is 11.3 Å². The predicted molar refractivity (Wildman–Crippen MR) is 135 cm³/mol. The maximum absolute atomic E-state index is 9.22. The van der Waals surface area contributed by atoms with E-state index in [4.69, 9.17) is 14.2 Å². The van der Waals surface area contributed by atoms with Crippen LogP contribution < -0.4 is 9.54 Å². The quantitative estimate of drug-likeness (QED) is 0.322. The lowest BCUT2D eigenvalue weighted by molar-refractivity contribution is 0.0217. The van der Waals surface area contributed by atoms with Crippen LogP contribution in [0, 0.1) is 0 Å². The van der Waals surface area contributed by atoms with Gasteiger partial charge in [-0.05, 0) is 12.1 Å². The van der Waals surface area contributed by atoms with Crippen molar-refractivity contribution >= 4 is 25.2 Å². The number of aliphatic hydroxyl groups excluding tert-OH is 1. The van der Waals surface area contributed by atoms with Crippen LogP contribution in [0.25, 0.3) is 10.6 Å². The van der Waals surface area contributed by atoms with Crippen molar-refractivity contribution in [2.75, 3.05) is 19.8 Å². The van der Waals surface area contributed by atoms with Crippen LogP contribution in [-0.2, 0) is 22.8 Å². The Hall–Kier alpha value is -2.51. The van der Waals surface area contributed by atoms with Crippen LogP contribution in [0.1, 0.15) is 18.5 Å². The summed E-state index contributed by atoms with van der Waals surface area (Å²) in [6.45, 7) is 9.30. The molecule has 1 saturated heterocycles. The van der Waals surface area contributed by atoms with E-state index < -0.39 is 8.07 Å². The minimum absolute atomic E-state index is 0.0677. The minimum atomic E-state index is -1.18. The summed E-state index contributed by atoms with van der Waals surface area (Å²) >= 11 is 1.48. The summed E-state index contributed by atoms with van der Waals surface area (Å²) in [6.07, 6.45) is 8.49. The molecule has 0 aromatic carbocycles. The number of rotatable bonds is 10.